The lowest BCUT2D eigenvalue weighted by Gasteiger charge is -2.19. The number of hydrogen-bond donors (Lipinski definition) is 2. The lowest BCUT2D eigenvalue weighted by Crippen LogP contribution is -2.24. The van der Waals surface area contributed by atoms with Gasteiger partial charge in [0.1, 0.15) is 5.75 Å². The fourth-order valence-electron chi connectivity index (χ4n) is 3.02. The zero-order valence-electron chi connectivity index (χ0n) is 13.9. The van der Waals surface area contributed by atoms with Crippen molar-refractivity contribution in [1.29, 1.82) is 0 Å². The molecule has 0 aliphatic heterocycles. The molecule has 0 spiro atoms. The largest absolute Gasteiger partial charge is 0.497 e. The summed E-state index contributed by atoms with van der Waals surface area (Å²) in [7, 11) is 1.66. The molecule has 2 aromatic rings. The molecule has 0 saturated carbocycles. The number of nitrogens with two attached hydrogens (primary N) is 1. The van der Waals surface area contributed by atoms with Crippen LogP contribution < -0.4 is 15.8 Å². The summed E-state index contributed by atoms with van der Waals surface area (Å²) >= 11 is 0. The van der Waals surface area contributed by atoms with Crippen molar-refractivity contribution >= 4 is 35.6 Å². The standard InChI is InChI=1S/C19H23N3O.HI/c1-23-16-9-4-6-14(12-16)13-21-19(20)22-18-11-5-8-15-7-2-3-10-17(15)18;/h4-6,8-9,11-12H,2-3,7,10,13H2,1H3,(H3,20,21,22);1H. The Morgan fingerprint density at radius 3 is 2.79 bits per heavy atom. The second kappa shape index (κ2) is 8.92. The Hall–Kier alpha value is -1.76. The van der Waals surface area contributed by atoms with E-state index in [1.165, 1.54) is 24.0 Å². The normalized spacial score (nSPS) is 13.6. The number of ether oxygens (including phenoxy) is 1. The Morgan fingerprint density at radius 1 is 1.17 bits per heavy atom. The molecule has 1 aliphatic rings. The van der Waals surface area contributed by atoms with Crippen molar-refractivity contribution in [2.75, 3.05) is 12.4 Å². The summed E-state index contributed by atoms with van der Waals surface area (Å²) in [5.41, 5.74) is 11.0. The average molecular weight is 437 g/mol. The van der Waals surface area contributed by atoms with E-state index < -0.39 is 0 Å². The fourth-order valence-corrected chi connectivity index (χ4v) is 3.02. The lowest BCUT2D eigenvalue weighted by molar-refractivity contribution is 0.414. The van der Waals surface area contributed by atoms with Crippen LogP contribution in [0.4, 0.5) is 5.69 Å². The second-order valence-corrected chi connectivity index (χ2v) is 5.83. The molecule has 24 heavy (non-hydrogen) atoms. The first-order valence-corrected chi connectivity index (χ1v) is 8.07. The fraction of sp³-hybridized carbons (Fsp3) is 0.316. The van der Waals surface area contributed by atoms with E-state index in [0.717, 1.165) is 29.8 Å². The van der Waals surface area contributed by atoms with Crippen LogP contribution in [0.25, 0.3) is 0 Å². The molecule has 2 aromatic carbocycles. The number of hydrogen-bond acceptors (Lipinski definition) is 2. The Balaban J connectivity index is 0.00000208. The maximum absolute atomic E-state index is 6.06. The number of guanidine groups is 1. The highest BCUT2D eigenvalue weighted by atomic mass is 127. The topological polar surface area (TPSA) is 59.6 Å². The van der Waals surface area contributed by atoms with E-state index in [1.807, 2.05) is 24.3 Å². The van der Waals surface area contributed by atoms with Crippen molar-refractivity contribution in [2.24, 2.45) is 10.7 Å². The van der Waals surface area contributed by atoms with E-state index in [9.17, 15) is 0 Å². The Labute approximate surface area is 160 Å². The Morgan fingerprint density at radius 2 is 1.96 bits per heavy atom. The first-order chi connectivity index (χ1) is 11.3. The summed E-state index contributed by atoms with van der Waals surface area (Å²) in [6.45, 7) is 0.533. The minimum absolute atomic E-state index is 0. The molecular weight excluding hydrogens is 413 g/mol. The van der Waals surface area contributed by atoms with E-state index in [2.05, 4.69) is 28.5 Å². The van der Waals surface area contributed by atoms with Crippen molar-refractivity contribution in [1.82, 2.24) is 0 Å². The SMILES string of the molecule is COc1cccc(CN=C(N)Nc2cccc3c2CCCC3)c1.I. The number of aryl methyl sites for hydroxylation is 1. The summed E-state index contributed by atoms with van der Waals surface area (Å²) in [6, 6.07) is 14.2. The average Bonchev–Trinajstić information content (AvgIpc) is 2.60. The monoisotopic (exact) mass is 437 g/mol. The molecule has 0 amide bonds. The number of aliphatic imine (C=N–C) groups is 1. The quantitative estimate of drug-likeness (QED) is 0.430. The van der Waals surface area contributed by atoms with Gasteiger partial charge in [-0.05, 0) is 60.6 Å². The molecular formula is C19H24IN3O. The highest BCUT2D eigenvalue weighted by molar-refractivity contribution is 14.0. The van der Waals surface area contributed by atoms with Crippen LogP contribution in [0.3, 0.4) is 0 Å². The van der Waals surface area contributed by atoms with Crippen LogP contribution >= 0.6 is 24.0 Å². The molecule has 0 saturated heterocycles. The first kappa shape index (κ1) is 18.6. The molecule has 0 fully saturated rings. The summed E-state index contributed by atoms with van der Waals surface area (Å²) in [5, 5.41) is 3.27. The van der Waals surface area contributed by atoms with Gasteiger partial charge in [0.2, 0.25) is 0 Å². The number of rotatable bonds is 4. The molecule has 4 nitrogen and oxygen atoms in total. The number of benzene rings is 2. The highest BCUT2D eigenvalue weighted by Gasteiger charge is 2.13. The number of halogens is 1. The molecule has 5 heteroatoms. The smallest absolute Gasteiger partial charge is 0.193 e. The van der Waals surface area contributed by atoms with Gasteiger partial charge in [-0.1, -0.05) is 24.3 Å². The molecule has 0 heterocycles. The van der Waals surface area contributed by atoms with Gasteiger partial charge in [-0.15, -0.1) is 24.0 Å². The maximum Gasteiger partial charge on any atom is 0.193 e. The van der Waals surface area contributed by atoms with Crippen LogP contribution in [0.1, 0.15) is 29.5 Å². The Bertz CT molecular complexity index is 716. The van der Waals surface area contributed by atoms with Crippen molar-refractivity contribution in [3.05, 3.63) is 59.2 Å². The van der Waals surface area contributed by atoms with Gasteiger partial charge in [0, 0.05) is 5.69 Å². The number of methoxy groups -OCH3 is 1. The van der Waals surface area contributed by atoms with Gasteiger partial charge in [0.05, 0.1) is 13.7 Å². The minimum Gasteiger partial charge on any atom is -0.497 e. The van der Waals surface area contributed by atoms with E-state index in [1.54, 1.807) is 7.11 Å². The minimum atomic E-state index is 0. The first-order valence-electron chi connectivity index (χ1n) is 8.07. The van der Waals surface area contributed by atoms with Crippen molar-refractivity contribution in [3.8, 4) is 5.75 Å². The Kier molecular flexibility index (Phi) is 6.90. The van der Waals surface area contributed by atoms with Crippen LogP contribution in [-0.4, -0.2) is 13.1 Å². The summed E-state index contributed by atoms with van der Waals surface area (Å²) in [5.74, 6) is 1.29. The molecule has 0 radical (unpaired) electrons. The van der Waals surface area contributed by atoms with Crippen LogP contribution in [0.2, 0.25) is 0 Å². The molecule has 3 N–H and O–H groups in total. The van der Waals surface area contributed by atoms with E-state index in [4.69, 9.17) is 10.5 Å². The predicted molar refractivity (Wildman–Crippen MR) is 110 cm³/mol. The molecule has 0 atom stereocenters. The van der Waals surface area contributed by atoms with Crippen molar-refractivity contribution < 1.29 is 4.74 Å². The zero-order chi connectivity index (χ0) is 16.1. The third-order valence-electron chi connectivity index (χ3n) is 4.22. The van der Waals surface area contributed by atoms with Crippen LogP contribution in [0.15, 0.2) is 47.5 Å². The van der Waals surface area contributed by atoms with Crippen molar-refractivity contribution in [3.63, 3.8) is 0 Å². The third kappa shape index (κ3) is 4.63. The molecule has 3 rings (SSSR count). The summed E-state index contributed by atoms with van der Waals surface area (Å²) in [6.07, 6.45) is 4.79. The highest BCUT2D eigenvalue weighted by Crippen LogP contribution is 2.27. The van der Waals surface area contributed by atoms with Gasteiger partial charge in [0.25, 0.3) is 0 Å². The molecule has 128 valence electrons. The molecule has 1 aliphatic carbocycles. The zero-order valence-corrected chi connectivity index (χ0v) is 16.2. The summed E-state index contributed by atoms with van der Waals surface area (Å²) < 4.78 is 5.22. The second-order valence-electron chi connectivity index (χ2n) is 5.83. The van der Waals surface area contributed by atoms with Gasteiger partial charge in [-0.3, -0.25) is 0 Å². The number of fused-ring (bicyclic) bond motifs is 1. The van der Waals surface area contributed by atoms with Gasteiger partial charge in [0.15, 0.2) is 5.96 Å². The van der Waals surface area contributed by atoms with Crippen LogP contribution in [0, 0.1) is 0 Å². The lowest BCUT2D eigenvalue weighted by atomic mass is 9.90. The number of nitrogens with zero attached hydrogens (tertiary/aromatic N) is 1. The van der Waals surface area contributed by atoms with Crippen LogP contribution in [0.5, 0.6) is 5.75 Å². The number of nitrogens with one attached hydrogen (secondary N) is 1. The van der Waals surface area contributed by atoms with Gasteiger partial charge >= 0.3 is 0 Å². The maximum atomic E-state index is 6.06. The van der Waals surface area contributed by atoms with E-state index in [0.29, 0.717) is 12.5 Å². The number of anilines is 1. The third-order valence-corrected chi connectivity index (χ3v) is 4.22. The van der Waals surface area contributed by atoms with E-state index >= 15 is 0 Å². The molecule has 0 bridgehead atoms. The molecule has 0 unspecified atom stereocenters. The van der Waals surface area contributed by atoms with Gasteiger partial charge < -0.3 is 15.8 Å². The summed E-state index contributed by atoms with van der Waals surface area (Å²) in [4.78, 5) is 4.44. The van der Waals surface area contributed by atoms with Gasteiger partial charge in [-0.2, -0.15) is 0 Å². The molecule has 0 aromatic heterocycles. The van der Waals surface area contributed by atoms with Crippen LogP contribution in [-0.2, 0) is 19.4 Å². The van der Waals surface area contributed by atoms with Gasteiger partial charge in [-0.25, -0.2) is 4.99 Å². The van der Waals surface area contributed by atoms with Crippen molar-refractivity contribution in [2.45, 2.75) is 32.2 Å². The predicted octanol–water partition coefficient (Wildman–Crippen LogP) is 4.12. The van der Waals surface area contributed by atoms with E-state index in [-0.39, 0.29) is 24.0 Å².